The minimum atomic E-state index is 0.531. The summed E-state index contributed by atoms with van der Waals surface area (Å²) < 4.78 is 0. The summed E-state index contributed by atoms with van der Waals surface area (Å²) in [6.07, 6.45) is 3.23. The van der Waals surface area contributed by atoms with Crippen molar-refractivity contribution < 1.29 is 0 Å². The lowest BCUT2D eigenvalue weighted by molar-refractivity contribution is 1.44. The fourth-order valence-electron chi connectivity index (χ4n) is 0.118. The molecule has 0 bridgehead atoms. The van der Waals surface area contributed by atoms with E-state index in [2.05, 4.69) is 0 Å². The van der Waals surface area contributed by atoms with E-state index in [9.17, 15) is 0 Å². The number of hydrogen-bond acceptors (Lipinski definition) is 2. The van der Waals surface area contributed by atoms with Gasteiger partial charge in [0.15, 0.2) is 0 Å². The molecule has 0 saturated heterocycles. The van der Waals surface area contributed by atoms with E-state index >= 15 is 0 Å². The lowest BCUT2D eigenvalue weighted by Gasteiger charge is -1.63. The first-order chi connectivity index (χ1) is 2.91. The fourth-order valence-corrected chi connectivity index (χ4v) is 0.118. The predicted octanol–water partition coefficient (Wildman–Crippen LogP) is 0.831. The van der Waals surface area contributed by atoms with E-state index in [1.54, 1.807) is 0 Å². The zero-order chi connectivity index (χ0) is 4.83. The lowest BCUT2D eigenvalue weighted by Crippen LogP contribution is -1.61. The van der Waals surface area contributed by atoms with Crippen molar-refractivity contribution in [3.8, 4) is 0 Å². The quantitative estimate of drug-likeness (QED) is 0.463. The molecule has 0 aromatic heterocycles. The van der Waals surface area contributed by atoms with Gasteiger partial charge in [0.05, 0.1) is 0 Å². The van der Waals surface area contributed by atoms with Crippen LogP contribution in [0.1, 0.15) is 6.42 Å². The fraction of sp³-hybridized carbons (Fsp3) is 0.250. The Hall–Kier alpha value is -0.880. The van der Waals surface area contributed by atoms with Gasteiger partial charge in [0, 0.05) is 6.42 Å². The third-order valence-electron chi connectivity index (χ3n) is 0.338. The zero-order valence-corrected chi connectivity index (χ0v) is 3.36. The third-order valence-corrected chi connectivity index (χ3v) is 0.338. The zero-order valence-electron chi connectivity index (χ0n) is 3.36. The van der Waals surface area contributed by atoms with Crippen LogP contribution in [0.25, 0.3) is 0 Å². The number of nitrogens with one attached hydrogen (secondary N) is 2. The second-order valence-electron chi connectivity index (χ2n) is 0.788. The van der Waals surface area contributed by atoms with Crippen LogP contribution in [0.4, 0.5) is 0 Å². The summed E-state index contributed by atoms with van der Waals surface area (Å²) in [5.41, 5.74) is 0. The SMILES string of the molecule is N=C=CCC=N. The Kier molecular flexibility index (Phi) is 3.52. The minimum Gasteiger partial charge on any atom is -0.313 e. The molecule has 0 spiro atoms. The topological polar surface area (TPSA) is 47.7 Å². The van der Waals surface area contributed by atoms with E-state index in [1.165, 1.54) is 12.3 Å². The van der Waals surface area contributed by atoms with Gasteiger partial charge >= 0.3 is 0 Å². The first kappa shape index (κ1) is 5.12. The van der Waals surface area contributed by atoms with Gasteiger partial charge in [-0.05, 0) is 18.2 Å². The monoisotopic (exact) mass is 82.1 g/mol. The largest absolute Gasteiger partial charge is 0.313 e. The van der Waals surface area contributed by atoms with E-state index in [-0.39, 0.29) is 0 Å². The second kappa shape index (κ2) is 4.12. The summed E-state index contributed by atoms with van der Waals surface area (Å²) >= 11 is 0. The highest BCUT2D eigenvalue weighted by Gasteiger charge is 1.58. The summed E-state index contributed by atoms with van der Waals surface area (Å²) in [4.78, 5) is 0. The van der Waals surface area contributed by atoms with Crippen molar-refractivity contribution in [3.05, 3.63) is 6.08 Å². The molecule has 0 aromatic rings. The highest BCUT2D eigenvalue weighted by molar-refractivity contribution is 5.61. The molecule has 32 valence electrons. The number of hydrogen-bond donors (Lipinski definition) is 2. The molecule has 0 saturated carbocycles. The van der Waals surface area contributed by atoms with Crippen LogP contribution in [-0.2, 0) is 0 Å². The molecule has 2 N–H and O–H groups in total. The smallest absolute Gasteiger partial charge is 0.00912 e. The van der Waals surface area contributed by atoms with Crippen molar-refractivity contribution in [2.45, 2.75) is 6.42 Å². The van der Waals surface area contributed by atoms with Crippen LogP contribution >= 0.6 is 0 Å². The van der Waals surface area contributed by atoms with E-state index in [0.29, 0.717) is 6.42 Å². The maximum absolute atomic E-state index is 6.43. The van der Waals surface area contributed by atoms with Crippen molar-refractivity contribution in [1.82, 2.24) is 0 Å². The summed E-state index contributed by atoms with van der Waals surface area (Å²) in [6.45, 7) is 0. The molecule has 0 aromatic carbocycles. The van der Waals surface area contributed by atoms with Crippen molar-refractivity contribution in [1.29, 1.82) is 10.8 Å². The Morgan fingerprint density at radius 1 is 1.67 bits per heavy atom. The minimum absolute atomic E-state index is 0.531. The average molecular weight is 82.1 g/mol. The van der Waals surface area contributed by atoms with Gasteiger partial charge in [-0.3, -0.25) is 5.41 Å². The van der Waals surface area contributed by atoms with Crippen molar-refractivity contribution in [3.63, 3.8) is 0 Å². The Labute approximate surface area is 36.5 Å². The van der Waals surface area contributed by atoms with Gasteiger partial charge in [0.2, 0.25) is 0 Å². The van der Waals surface area contributed by atoms with Gasteiger partial charge in [-0.25, -0.2) is 0 Å². The average Bonchev–Trinajstić information content (AvgIpc) is 1.61. The summed E-state index contributed by atoms with van der Waals surface area (Å²) in [5.74, 6) is 2.04. The number of rotatable bonds is 2. The van der Waals surface area contributed by atoms with Crippen LogP contribution in [0, 0.1) is 10.8 Å². The molecule has 0 aliphatic heterocycles. The maximum atomic E-state index is 6.43. The molecule has 0 aliphatic rings. The van der Waals surface area contributed by atoms with Crippen LogP contribution < -0.4 is 0 Å². The molecule has 0 unspecified atom stereocenters. The Morgan fingerprint density at radius 3 is 2.50 bits per heavy atom. The van der Waals surface area contributed by atoms with E-state index in [4.69, 9.17) is 10.8 Å². The molecular formula is C4H6N2. The molecule has 2 heteroatoms. The molecule has 6 heavy (non-hydrogen) atoms. The molecule has 0 heterocycles. The van der Waals surface area contributed by atoms with Gasteiger partial charge in [-0.15, -0.1) is 0 Å². The van der Waals surface area contributed by atoms with Gasteiger partial charge in [0.25, 0.3) is 0 Å². The van der Waals surface area contributed by atoms with Crippen LogP contribution in [0.5, 0.6) is 0 Å². The van der Waals surface area contributed by atoms with Gasteiger partial charge < -0.3 is 5.41 Å². The van der Waals surface area contributed by atoms with Gasteiger partial charge in [-0.2, -0.15) is 0 Å². The van der Waals surface area contributed by atoms with E-state index in [1.807, 2.05) is 5.87 Å². The van der Waals surface area contributed by atoms with E-state index < -0.39 is 0 Å². The Balaban J connectivity index is 3.07. The van der Waals surface area contributed by atoms with Crippen molar-refractivity contribution >= 4 is 12.1 Å². The normalized spacial score (nSPS) is 6.00. The molecule has 0 rings (SSSR count). The second-order valence-corrected chi connectivity index (χ2v) is 0.788. The molecule has 0 radical (unpaired) electrons. The molecule has 0 atom stereocenters. The van der Waals surface area contributed by atoms with Crippen LogP contribution in [0.3, 0.4) is 0 Å². The molecule has 2 nitrogen and oxygen atoms in total. The molecule has 0 fully saturated rings. The first-order valence-corrected chi connectivity index (χ1v) is 1.64. The van der Waals surface area contributed by atoms with Gasteiger partial charge in [0.1, 0.15) is 0 Å². The highest BCUT2D eigenvalue weighted by Crippen LogP contribution is 1.64. The predicted molar refractivity (Wildman–Crippen MR) is 25.7 cm³/mol. The van der Waals surface area contributed by atoms with Crippen LogP contribution in [-0.4, -0.2) is 12.1 Å². The Morgan fingerprint density at radius 2 is 2.33 bits per heavy atom. The van der Waals surface area contributed by atoms with Crippen molar-refractivity contribution in [2.75, 3.05) is 0 Å². The highest BCUT2D eigenvalue weighted by atomic mass is 14.3. The van der Waals surface area contributed by atoms with E-state index in [0.717, 1.165) is 0 Å². The number of allylic oxidation sites excluding steroid dienone is 1. The summed E-state index contributed by atoms with van der Waals surface area (Å²) in [6, 6.07) is 0. The first-order valence-electron chi connectivity index (χ1n) is 1.64. The van der Waals surface area contributed by atoms with Crippen LogP contribution in [0.2, 0.25) is 0 Å². The van der Waals surface area contributed by atoms with Gasteiger partial charge in [-0.1, -0.05) is 0 Å². The molecule has 0 amide bonds. The molecule has 0 aliphatic carbocycles. The maximum Gasteiger partial charge on any atom is 0.00912 e. The van der Waals surface area contributed by atoms with Crippen LogP contribution in [0.15, 0.2) is 6.08 Å². The standard InChI is InChI=1S/C4H6N2/c5-3-1-2-4-6/h1,4-6H,2H2. The third kappa shape index (κ3) is 3.12. The summed E-state index contributed by atoms with van der Waals surface area (Å²) in [7, 11) is 0. The lowest BCUT2D eigenvalue weighted by atomic mass is 10.5. The summed E-state index contributed by atoms with van der Waals surface area (Å²) in [5, 5.41) is 12.7. The van der Waals surface area contributed by atoms with Crippen molar-refractivity contribution in [2.24, 2.45) is 0 Å². The molecular weight excluding hydrogens is 76.1 g/mol. The Bertz CT molecular complexity index is 79.5.